The fraction of sp³-hybridized carbons (Fsp3) is 0.500. The predicted molar refractivity (Wildman–Crippen MR) is 82.7 cm³/mol. The summed E-state index contributed by atoms with van der Waals surface area (Å²) in [6, 6.07) is 5.22. The van der Waals surface area contributed by atoms with Crippen molar-refractivity contribution in [2.45, 2.75) is 31.7 Å². The molecule has 22 heavy (non-hydrogen) atoms. The van der Waals surface area contributed by atoms with E-state index < -0.39 is 0 Å². The van der Waals surface area contributed by atoms with E-state index in [1.807, 2.05) is 0 Å². The van der Waals surface area contributed by atoms with Gasteiger partial charge in [0, 0.05) is 24.7 Å². The number of carbonyl (C=O) groups excluding carboxylic acids is 2. The number of nitrogens with one attached hydrogen (secondary N) is 1. The second-order valence-corrected chi connectivity index (χ2v) is 5.88. The third-order valence-corrected chi connectivity index (χ3v) is 3.99. The first-order valence-corrected chi connectivity index (χ1v) is 7.74. The molecule has 0 radical (unpaired) electrons. The molecule has 6 heteroatoms. The van der Waals surface area contributed by atoms with Gasteiger partial charge in [0.1, 0.15) is 5.75 Å². The van der Waals surface area contributed by atoms with Gasteiger partial charge in [0.05, 0.1) is 5.69 Å². The molecular formula is C16H21N3O3. The fourth-order valence-electron chi connectivity index (χ4n) is 2.51. The summed E-state index contributed by atoms with van der Waals surface area (Å²) in [5, 5.41) is 2.91. The van der Waals surface area contributed by atoms with Crippen LogP contribution in [0.15, 0.2) is 18.2 Å². The molecule has 3 N–H and O–H groups in total. The molecule has 1 aromatic rings. The minimum atomic E-state index is -0.117. The van der Waals surface area contributed by atoms with E-state index in [0.29, 0.717) is 23.0 Å². The van der Waals surface area contributed by atoms with E-state index in [9.17, 15) is 9.59 Å². The second kappa shape index (κ2) is 6.25. The highest BCUT2D eigenvalue weighted by molar-refractivity contribution is 5.95. The van der Waals surface area contributed by atoms with Gasteiger partial charge in [-0.15, -0.1) is 0 Å². The lowest BCUT2D eigenvalue weighted by Gasteiger charge is -2.16. The first-order chi connectivity index (χ1) is 10.6. The number of hydrogen-bond donors (Lipinski definition) is 2. The van der Waals surface area contributed by atoms with Crippen LogP contribution in [0.3, 0.4) is 0 Å². The molecule has 0 bridgehead atoms. The SMILES string of the molecule is Nc1cc(C(=O)NC2CC2)ccc1OCC(=O)N1CCCC1. The summed E-state index contributed by atoms with van der Waals surface area (Å²) >= 11 is 0. The van der Waals surface area contributed by atoms with Crippen molar-refractivity contribution in [1.29, 1.82) is 0 Å². The topological polar surface area (TPSA) is 84.7 Å². The van der Waals surface area contributed by atoms with E-state index in [1.165, 1.54) is 0 Å². The van der Waals surface area contributed by atoms with Crippen LogP contribution in [0, 0.1) is 0 Å². The summed E-state index contributed by atoms with van der Waals surface area (Å²) in [6.45, 7) is 1.59. The highest BCUT2D eigenvalue weighted by Crippen LogP contribution is 2.24. The van der Waals surface area contributed by atoms with Crippen molar-refractivity contribution >= 4 is 17.5 Å². The van der Waals surface area contributed by atoms with Crippen LogP contribution in [0.25, 0.3) is 0 Å². The Kier molecular flexibility index (Phi) is 4.18. The van der Waals surface area contributed by atoms with E-state index in [0.717, 1.165) is 38.8 Å². The zero-order valence-corrected chi connectivity index (χ0v) is 12.5. The largest absolute Gasteiger partial charge is 0.482 e. The number of rotatable bonds is 5. The Hall–Kier alpha value is -2.24. The third-order valence-electron chi connectivity index (χ3n) is 3.99. The zero-order valence-electron chi connectivity index (χ0n) is 12.5. The molecule has 1 aliphatic carbocycles. The summed E-state index contributed by atoms with van der Waals surface area (Å²) < 4.78 is 5.49. The summed E-state index contributed by atoms with van der Waals surface area (Å²) in [5.41, 5.74) is 6.80. The van der Waals surface area contributed by atoms with Crippen molar-refractivity contribution < 1.29 is 14.3 Å². The Morgan fingerprint density at radius 3 is 2.64 bits per heavy atom. The molecule has 3 rings (SSSR count). The quantitative estimate of drug-likeness (QED) is 0.800. The van der Waals surface area contributed by atoms with E-state index in [-0.39, 0.29) is 18.4 Å². The molecule has 0 atom stereocenters. The highest BCUT2D eigenvalue weighted by Gasteiger charge is 2.24. The molecule has 2 amide bonds. The maximum atomic E-state index is 11.9. The summed E-state index contributed by atoms with van der Waals surface area (Å²) in [4.78, 5) is 25.7. The minimum absolute atomic E-state index is 0.0161. The van der Waals surface area contributed by atoms with Crippen LogP contribution in [-0.4, -0.2) is 42.5 Å². The van der Waals surface area contributed by atoms with E-state index in [4.69, 9.17) is 10.5 Å². The van der Waals surface area contributed by atoms with Crippen molar-refractivity contribution in [3.05, 3.63) is 23.8 Å². The van der Waals surface area contributed by atoms with Crippen LogP contribution in [-0.2, 0) is 4.79 Å². The molecule has 1 saturated carbocycles. The van der Waals surface area contributed by atoms with E-state index in [1.54, 1.807) is 23.1 Å². The lowest BCUT2D eigenvalue weighted by Crippen LogP contribution is -2.32. The fourth-order valence-corrected chi connectivity index (χ4v) is 2.51. The average molecular weight is 303 g/mol. The number of benzene rings is 1. The molecule has 0 unspecified atom stereocenters. The minimum Gasteiger partial charge on any atom is -0.482 e. The van der Waals surface area contributed by atoms with Gasteiger partial charge in [0.2, 0.25) is 0 Å². The molecule has 6 nitrogen and oxygen atoms in total. The first-order valence-electron chi connectivity index (χ1n) is 7.74. The number of ether oxygens (including phenoxy) is 1. The van der Waals surface area contributed by atoms with Crippen molar-refractivity contribution in [3.63, 3.8) is 0 Å². The van der Waals surface area contributed by atoms with Gasteiger partial charge in [-0.05, 0) is 43.9 Å². The van der Waals surface area contributed by atoms with Crippen LogP contribution >= 0.6 is 0 Å². The lowest BCUT2D eigenvalue weighted by molar-refractivity contribution is -0.132. The molecule has 0 aromatic heterocycles. The Morgan fingerprint density at radius 2 is 2.00 bits per heavy atom. The number of anilines is 1. The van der Waals surface area contributed by atoms with Gasteiger partial charge < -0.3 is 20.7 Å². The Bertz CT molecular complexity index is 578. The Labute approximate surface area is 129 Å². The number of nitrogens with two attached hydrogens (primary N) is 1. The Morgan fingerprint density at radius 1 is 1.27 bits per heavy atom. The zero-order chi connectivity index (χ0) is 15.5. The maximum absolute atomic E-state index is 11.9. The number of nitrogens with zero attached hydrogens (tertiary/aromatic N) is 1. The smallest absolute Gasteiger partial charge is 0.260 e. The van der Waals surface area contributed by atoms with E-state index in [2.05, 4.69) is 5.32 Å². The molecular weight excluding hydrogens is 282 g/mol. The lowest BCUT2D eigenvalue weighted by atomic mass is 10.1. The average Bonchev–Trinajstić information content (AvgIpc) is 3.15. The van der Waals surface area contributed by atoms with Crippen LogP contribution < -0.4 is 15.8 Å². The molecule has 2 aliphatic rings. The molecule has 1 aliphatic heterocycles. The molecule has 2 fully saturated rings. The first kappa shape index (κ1) is 14.7. The number of carbonyl (C=O) groups is 2. The Balaban J connectivity index is 1.57. The van der Waals surface area contributed by atoms with Crippen LogP contribution in [0.2, 0.25) is 0 Å². The molecule has 1 heterocycles. The monoisotopic (exact) mass is 303 g/mol. The van der Waals surface area contributed by atoms with Gasteiger partial charge >= 0.3 is 0 Å². The van der Waals surface area contributed by atoms with Crippen LogP contribution in [0.4, 0.5) is 5.69 Å². The number of hydrogen-bond acceptors (Lipinski definition) is 4. The van der Waals surface area contributed by atoms with Crippen LogP contribution in [0.1, 0.15) is 36.0 Å². The van der Waals surface area contributed by atoms with Gasteiger partial charge in [-0.1, -0.05) is 0 Å². The molecule has 0 spiro atoms. The number of likely N-dealkylation sites (tertiary alicyclic amines) is 1. The van der Waals surface area contributed by atoms with Crippen molar-refractivity contribution in [1.82, 2.24) is 10.2 Å². The second-order valence-electron chi connectivity index (χ2n) is 5.88. The standard InChI is InChI=1S/C16H21N3O3/c17-13-9-11(16(21)18-12-4-5-12)3-6-14(13)22-10-15(20)19-7-1-2-8-19/h3,6,9,12H,1-2,4-5,7-8,10,17H2,(H,18,21). The van der Waals surface area contributed by atoms with Gasteiger partial charge in [-0.25, -0.2) is 0 Å². The summed E-state index contributed by atoms with van der Waals surface area (Å²) in [7, 11) is 0. The van der Waals surface area contributed by atoms with Crippen molar-refractivity contribution in [2.75, 3.05) is 25.4 Å². The van der Waals surface area contributed by atoms with Crippen molar-refractivity contribution in [2.24, 2.45) is 0 Å². The van der Waals surface area contributed by atoms with Gasteiger partial charge in [-0.2, -0.15) is 0 Å². The van der Waals surface area contributed by atoms with Crippen molar-refractivity contribution in [3.8, 4) is 5.75 Å². The molecule has 1 saturated heterocycles. The summed E-state index contributed by atoms with van der Waals surface area (Å²) in [6.07, 6.45) is 4.19. The molecule has 118 valence electrons. The highest BCUT2D eigenvalue weighted by atomic mass is 16.5. The predicted octanol–water partition coefficient (Wildman–Crippen LogP) is 1.16. The molecule has 1 aromatic carbocycles. The van der Waals surface area contributed by atoms with Crippen LogP contribution in [0.5, 0.6) is 5.75 Å². The normalized spacial score (nSPS) is 17.4. The van der Waals surface area contributed by atoms with E-state index >= 15 is 0 Å². The van der Waals surface area contributed by atoms with Gasteiger partial charge in [-0.3, -0.25) is 9.59 Å². The number of amides is 2. The van der Waals surface area contributed by atoms with Gasteiger partial charge in [0.15, 0.2) is 6.61 Å². The van der Waals surface area contributed by atoms with Gasteiger partial charge in [0.25, 0.3) is 11.8 Å². The maximum Gasteiger partial charge on any atom is 0.260 e. The third kappa shape index (κ3) is 3.50. The summed E-state index contributed by atoms with van der Waals surface area (Å²) in [5.74, 6) is 0.303. The number of nitrogen functional groups attached to an aromatic ring is 1.